The fourth-order valence-electron chi connectivity index (χ4n) is 2.24. The first-order valence-electron chi connectivity index (χ1n) is 9.83. The second-order valence-corrected chi connectivity index (χ2v) is 9.75. The standard InChI is InChI=1S/C14H29NO4S.C3H9NO3S.Na.H/c1-2-3-4-5-6-7-8-9-10-11-14(16)15-12-13-20(17,18)19;1-4-2-3-8(5,6)7;;/h2-13H2,1H3,(H,15,16)(H,17,18,19);4H,2-3H2,1H3,(H,5,6,7);;. The molecule has 0 saturated heterocycles. The molecule has 0 heterocycles. The molecule has 12 heteroatoms. The van der Waals surface area contributed by atoms with Crippen molar-refractivity contribution in [2.75, 3.05) is 31.6 Å². The Kier molecular flexibility index (Phi) is 25.1. The van der Waals surface area contributed by atoms with Crippen LogP contribution in [0.1, 0.15) is 71.1 Å². The molecule has 29 heavy (non-hydrogen) atoms. The number of unbranched alkanes of at least 4 members (excludes halogenated alkanes) is 8. The first-order valence-corrected chi connectivity index (χ1v) is 13.0. The molecular weight excluding hydrogens is 431 g/mol. The van der Waals surface area contributed by atoms with Gasteiger partial charge in [-0.1, -0.05) is 58.3 Å². The minimum absolute atomic E-state index is 0. The van der Waals surface area contributed by atoms with E-state index in [9.17, 15) is 21.6 Å². The van der Waals surface area contributed by atoms with Gasteiger partial charge in [-0.05, 0) is 13.5 Å². The van der Waals surface area contributed by atoms with Gasteiger partial charge < -0.3 is 10.6 Å². The van der Waals surface area contributed by atoms with Crippen LogP contribution in [0.2, 0.25) is 0 Å². The predicted octanol–water partition coefficient (Wildman–Crippen LogP) is 1.36. The number of carbonyl (C=O) groups is 1. The van der Waals surface area contributed by atoms with Gasteiger partial charge in [0.25, 0.3) is 20.2 Å². The van der Waals surface area contributed by atoms with Crippen LogP contribution in [0.25, 0.3) is 0 Å². The molecule has 0 fully saturated rings. The van der Waals surface area contributed by atoms with Gasteiger partial charge in [0.05, 0.1) is 11.5 Å². The molecule has 4 N–H and O–H groups in total. The molecule has 0 atom stereocenters. The van der Waals surface area contributed by atoms with E-state index in [0.29, 0.717) is 13.0 Å². The van der Waals surface area contributed by atoms with Gasteiger partial charge in [0.1, 0.15) is 0 Å². The van der Waals surface area contributed by atoms with Gasteiger partial charge in [-0.25, -0.2) is 0 Å². The maximum atomic E-state index is 11.3. The first kappa shape index (κ1) is 33.9. The van der Waals surface area contributed by atoms with Crippen LogP contribution in [-0.2, 0) is 25.0 Å². The second kappa shape index (κ2) is 21.5. The van der Waals surface area contributed by atoms with Crippen LogP contribution in [-0.4, -0.2) is 93.0 Å². The second-order valence-electron chi connectivity index (χ2n) is 6.60. The fraction of sp³-hybridized carbons (Fsp3) is 0.941. The quantitative estimate of drug-likeness (QED) is 0.150. The van der Waals surface area contributed by atoms with Crippen LogP contribution in [0, 0.1) is 0 Å². The molecule has 0 unspecified atom stereocenters. The topological polar surface area (TPSA) is 150 Å². The summed E-state index contributed by atoms with van der Waals surface area (Å²) in [6.45, 7) is 2.48. The van der Waals surface area contributed by atoms with Crippen LogP contribution in [0.4, 0.5) is 0 Å². The number of hydrogen-bond acceptors (Lipinski definition) is 6. The molecule has 0 saturated carbocycles. The van der Waals surface area contributed by atoms with Crippen LogP contribution in [0.3, 0.4) is 0 Å². The molecule has 0 aliphatic rings. The van der Waals surface area contributed by atoms with Crippen molar-refractivity contribution in [3.63, 3.8) is 0 Å². The van der Waals surface area contributed by atoms with E-state index in [1.165, 1.54) is 38.5 Å². The van der Waals surface area contributed by atoms with Crippen LogP contribution in [0.15, 0.2) is 0 Å². The fourth-order valence-corrected chi connectivity index (χ4v) is 3.06. The van der Waals surface area contributed by atoms with E-state index in [1.807, 2.05) is 0 Å². The van der Waals surface area contributed by atoms with E-state index in [1.54, 1.807) is 7.05 Å². The third-order valence-corrected chi connectivity index (χ3v) is 5.24. The molecule has 0 rings (SSSR count). The Morgan fingerprint density at radius 2 is 1.17 bits per heavy atom. The molecule has 0 aromatic carbocycles. The Morgan fingerprint density at radius 1 is 0.759 bits per heavy atom. The van der Waals surface area contributed by atoms with Crippen molar-refractivity contribution in [3.8, 4) is 0 Å². The molecule has 1 amide bonds. The van der Waals surface area contributed by atoms with Gasteiger partial charge in [0.2, 0.25) is 5.91 Å². The van der Waals surface area contributed by atoms with E-state index in [0.717, 1.165) is 19.3 Å². The molecule has 0 radical (unpaired) electrons. The third-order valence-electron chi connectivity index (χ3n) is 3.80. The van der Waals surface area contributed by atoms with Crippen molar-refractivity contribution in [2.24, 2.45) is 0 Å². The molecule has 0 aliphatic heterocycles. The van der Waals surface area contributed by atoms with E-state index >= 15 is 0 Å². The maximum absolute atomic E-state index is 11.3. The molecule has 0 aromatic heterocycles. The summed E-state index contributed by atoms with van der Waals surface area (Å²) in [5, 5.41) is 5.07. The summed E-state index contributed by atoms with van der Waals surface area (Å²) in [4.78, 5) is 11.3. The molecule has 9 nitrogen and oxygen atoms in total. The summed E-state index contributed by atoms with van der Waals surface area (Å²) in [5.74, 6) is -0.781. The summed E-state index contributed by atoms with van der Waals surface area (Å²) in [6.07, 6.45) is 11.2. The van der Waals surface area contributed by atoms with E-state index in [2.05, 4.69) is 17.6 Å². The van der Waals surface area contributed by atoms with E-state index in [-0.39, 0.29) is 47.8 Å². The number of carbonyl (C=O) groups excluding carboxylic acids is 1. The van der Waals surface area contributed by atoms with Crippen molar-refractivity contribution in [1.82, 2.24) is 10.6 Å². The zero-order chi connectivity index (χ0) is 21.9. The number of amides is 1. The zero-order valence-corrected chi connectivity index (χ0v) is 18.8. The van der Waals surface area contributed by atoms with E-state index in [4.69, 9.17) is 9.11 Å². The summed E-state index contributed by atoms with van der Waals surface area (Å²) in [7, 11) is -6.11. The monoisotopic (exact) mass is 470 g/mol. The number of nitrogens with one attached hydrogen (secondary N) is 2. The predicted molar refractivity (Wildman–Crippen MR) is 119 cm³/mol. The summed E-state index contributed by atoms with van der Waals surface area (Å²) in [5.41, 5.74) is 0. The van der Waals surface area contributed by atoms with Crippen LogP contribution < -0.4 is 10.6 Å². The van der Waals surface area contributed by atoms with Gasteiger partial charge in [-0.15, -0.1) is 0 Å². The summed E-state index contributed by atoms with van der Waals surface area (Å²) >= 11 is 0. The van der Waals surface area contributed by atoms with Crippen molar-refractivity contribution in [3.05, 3.63) is 0 Å². The summed E-state index contributed by atoms with van der Waals surface area (Å²) < 4.78 is 57.3. The third kappa shape index (κ3) is 36.0. The Labute approximate surface area is 199 Å². The average molecular weight is 471 g/mol. The van der Waals surface area contributed by atoms with Crippen LogP contribution in [0.5, 0.6) is 0 Å². The minimum atomic E-state index is -3.98. The van der Waals surface area contributed by atoms with Crippen LogP contribution >= 0.6 is 0 Å². The number of hydrogen-bond donors (Lipinski definition) is 4. The Balaban J connectivity index is -0.000000636. The van der Waals surface area contributed by atoms with Gasteiger partial charge >= 0.3 is 29.6 Å². The molecule has 0 aliphatic carbocycles. The molecular formula is C17H39N2NaO7S2. The van der Waals surface area contributed by atoms with Crippen molar-refractivity contribution in [2.45, 2.75) is 71.1 Å². The van der Waals surface area contributed by atoms with Gasteiger partial charge in [-0.2, -0.15) is 16.8 Å². The Hall–Kier alpha value is 0.250. The van der Waals surface area contributed by atoms with Gasteiger partial charge in [0, 0.05) is 19.5 Å². The molecule has 0 aromatic rings. The van der Waals surface area contributed by atoms with Crippen molar-refractivity contribution >= 4 is 55.7 Å². The Morgan fingerprint density at radius 3 is 1.55 bits per heavy atom. The molecule has 0 spiro atoms. The van der Waals surface area contributed by atoms with E-state index < -0.39 is 26.0 Å². The normalized spacial score (nSPS) is 11.2. The van der Waals surface area contributed by atoms with Gasteiger partial charge in [0.15, 0.2) is 0 Å². The Bertz CT molecular complexity index is 585. The van der Waals surface area contributed by atoms with Crippen molar-refractivity contribution < 1.29 is 30.7 Å². The SMILES string of the molecule is CCCCCCCCCCCC(=O)NCCS(=O)(=O)O.CNCCS(=O)(=O)O.[NaH]. The number of rotatable bonds is 16. The molecule has 0 bridgehead atoms. The molecule has 172 valence electrons. The first-order chi connectivity index (χ1) is 13.0. The zero-order valence-electron chi connectivity index (χ0n) is 17.2. The average Bonchev–Trinajstić information content (AvgIpc) is 2.57. The summed E-state index contributed by atoms with van der Waals surface area (Å²) in [6, 6.07) is 0. The van der Waals surface area contributed by atoms with Crippen molar-refractivity contribution in [1.29, 1.82) is 0 Å². The van der Waals surface area contributed by atoms with Gasteiger partial charge in [-0.3, -0.25) is 13.9 Å².